The summed E-state index contributed by atoms with van der Waals surface area (Å²) in [4.78, 5) is 12.0. The molecule has 122 valence electrons. The number of rotatable bonds is 6. The minimum absolute atomic E-state index is 0.184. The Balaban J connectivity index is 1.99. The standard InChI is InChI=1S/C16H15Cl2NO4/c1-21-13-6-12(7-14(8-13)22-2)19-16(20)9-23-15-4-10(17)3-11(18)5-15/h3-8H,9H2,1-2H3,(H,19,20). The number of benzene rings is 2. The molecule has 0 bridgehead atoms. The molecule has 0 aromatic heterocycles. The molecule has 2 aromatic rings. The Kier molecular flexibility index (Phi) is 5.96. The van der Waals surface area contributed by atoms with Gasteiger partial charge in [-0.3, -0.25) is 4.79 Å². The van der Waals surface area contributed by atoms with Gasteiger partial charge >= 0.3 is 0 Å². The summed E-state index contributed by atoms with van der Waals surface area (Å²) in [6.07, 6.45) is 0. The number of ether oxygens (including phenoxy) is 3. The van der Waals surface area contributed by atoms with E-state index >= 15 is 0 Å². The number of hydrogen-bond donors (Lipinski definition) is 1. The van der Waals surface area contributed by atoms with Crippen LogP contribution in [0.5, 0.6) is 17.2 Å². The van der Waals surface area contributed by atoms with Crippen LogP contribution in [0.1, 0.15) is 0 Å². The van der Waals surface area contributed by atoms with Crippen molar-refractivity contribution in [2.45, 2.75) is 0 Å². The molecule has 2 rings (SSSR count). The Morgan fingerprint density at radius 1 is 0.913 bits per heavy atom. The number of hydrogen-bond acceptors (Lipinski definition) is 4. The van der Waals surface area contributed by atoms with Crippen LogP contribution in [0.3, 0.4) is 0 Å². The lowest BCUT2D eigenvalue weighted by molar-refractivity contribution is -0.118. The van der Waals surface area contributed by atoms with Gasteiger partial charge in [-0.2, -0.15) is 0 Å². The van der Waals surface area contributed by atoms with Crippen molar-refractivity contribution < 1.29 is 19.0 Å². The molecule has 0 aliphatic heterocycles. The van der Waals surface area contributed by atoms with E-state index in [1.165, 1.54) is 14.2 Å². The Bertz CT molecular complexity index is 664. The fourth-order valence-electron chi connectivity index (χ4n) is 1.84. The number of amides is 1. The van der Waals surface area contributed by atoms with E-state index in [4.69, 9.17) is 37.4 Å². The Labute approximate surface area is 144 Å². The van der Waals surface area contributed by atoms with Crippen LogP contribution in [-0.4, -0.2) is 26.7 Å². The van der Waals surface area contributed by atoms with E-state index in [0.717, 1.165) is 0 Å². The molecule has 0 radical (unpaired) electrons. The molecular weight excluding hydrogens is 341 g/mol. The highest BCUT2D eigenvalue weighted by Gasteiger charge is 2.08. The third kappa shape index (κ3) is 5.23. The van der Waals surface area contributed by atoms with Crippen molar-refractivity contribution in [3.05, 3.63) is 46.4 Å². The van der Waals surface area contributed by atoms with Crippen molar-refractivity contribution >= 4 is 34.8 Å². The number of carbonyl (C=O) groups excluding carboxylic acids is 1. The summed E-state index contributed by atoms with van der Waals surface area (Å²) in [5.74, 6) is 1.22. The highest BCUT2D eigenvalue weighted by atomic mass is 35.5. The monoisotopic (exact) mass is 355 g/mol. The molecule has 2 aromatic carbocycles. The molecule has 0 unspecified atom stereocenters. The third-order valence-corrected chi connectivity index (χ3v) is 3.28. The lowest BCUT2D eigenvalue weighted by Crippen LogP contribution is -2.20. The van der Waals surface area contributed by atoms with Crippen LogP contribution in [-0.2, 0) is 4.79 Å². The predicted octanol–water partition coefficient (Wildman–Crippen LogP) is 4.03. The summed E-state index contributed by atoms with van der Waals surface area (Å²) in [6, 6.07) is 9.80. The second-order valence-electron chi connectivity index (χ2n) is 4.54. The molecule has 0 aliphatic rings. The first-order valence-electron chi connectivity index (χ1n) is 6.62. The highest BCUT2D eigenvalue weighted by Crippen LogP contribution is 2.26. The van der Waals surface area contributed by atoms with Crippen LogP contribution < -0.4 is 19.5 Å². The minimum Gasteiger partial charge on any atom is -0.497 e. The zero-order chi connectivity index (χ0) is 16.8. The van der Waals surface area contributed by atoms with E-state index in [0.29, 0.717) is 33.0 Å². The number of methoxy groups -OCH3 is 2. The third-order valence-electron chi connectivity index (χ3n) is 2.84. The molecule has 1 N–H and O–H groups in total. The molecule has 23 heavy (non-hydrogen) atoms. The molecule has 0 atom stereocenters. The number of halogens is 2. The minimum atomic E-state index is -0.337. The van der Waals surface area contributed by atoms with Gasteiger partial charge in [-0.1, -0.05) is 23.2 Å². The summed E-state index contributed by atoms with van der Waals surface area (Å²) in [5, 5.41) is 3.57. The van der Waals surface area contributed by atoms with Crippen molar-refractivity contribution in [1.82, 2.24) is 0 Å². The van der Waals surface area contributed by atoms with Gasteiger partial charge in [-0.15, -0.1) is 0 Å². The second kappa shape index (κ2) is 7.94. The van der Waals surface area contributed by atoms with Crippen LogP contribution in [0.2, 0.25) is 10.0 Å². The lowest BCUT2D eigenvalue weighted by Gasteiger charge is -2.11. The Morgan fingerprint density at radius 3 is 2.00 bits per heavy atom. The molecule has 5 nitrogen and oxygen atoms in total. The van der Waals surface area contributed by atoms with Gasteiger partial charge in [0.2, 0.25) is 0 Å². The molecular formula is C16H15Cl2NO4. The van der Waals surface area contributed by atoms with Gasteiger partial charge in [-0.25, -0.2) is 0 Å². The zero-order valence-corrected chi connectivity index (χ0v) is 14.1. The first-order valence-corrected chi connectivity index (χ1v) is 7.37. The van der Waals surface area contributed by atoms with Crippen LogP contribution >= 0.6 is 23.2 Å². The van der Waals surface area contributed by atoms with Gasteiger partial charge < -0.3 is 19.5 Å². The van der Waals surface area contributed by atoms with Crippen LogP contribution in [0.25, 0.3) is 0 Å². The smallest absolute Gasteiger partial charge is 0.262 e. The van der Waals surface area contributed by atoms with Crippen molar-refractivity contribution in [3.8, 4) is 17.2 Å². The van der Waals surface area contributed by atoms with Crippen LogP contribution in [0, 0.1) is 0 Å². The van der Waals surface area contributed by atoms with Gasteiger partial charge in [0.05, 0.1) is 14.2 Å². The van der Waals surface area contributed by atoms with Crippen molar-refractivity contribution in [2.75, 3.05) is 26.1 Å². The summed E-state index contributed by atoms with van der Waals surface area (Å²) in [7, 11) is 3.07. The summed E-state index contributed by atoms with van der Waals surface area (Å²) in [6.45, 7) is -0.184. The first-order chi connectivity index (χ1) is 11.0. The molecule has 0 saturated carbocycles. The van der Waals surface area contributed by atoms with E-state index in [-0.39, 0.29) is 12.5 Å². The molecule has 0 aliphatic carbocycles. The van der Waals surface area contributed by atoms with Crippen molar-refractivity contribution in [1.29, 1.82) is 0 Å². The second-order valence-corrected chi connectivity index (χ2v) is 5.42. The number of anilines is 1. The van der Waals surface area contributed by atoms with Gasteiger partial charge in [0, 0.05) is 33.9 Å². The van der Waals surface area contributed by atoms with E-state index in [2.05, 4.69) is 5.32 Å². The molecule has 7 heteroatoms. The number of carbonyl (C=O) groups is 1. The average molecular weight is 356 g/mol. The molecule has 0 spiro atoms. The maximum atomic E-state index is 12.0. The average Bonchev–Trinajstić information content (AvgIpc) is 2.51. The van der Waals surface area contributed by atoms with Gasteiger partial charge in [0.1, 0.15) is 17.2 Å². The zero-order valence-electron chi connectivity index (χ0n) is 12.6. The normalized spacial score (nSPS) is 10.1. The maximum absolute atomic E-state index is 12.0. The van der Waals surface area contributed by atoms with Crippen molar-refractivity contribution in [3.63, 3.8) is 0 Å². The molecule has 0 saturated heterocycles. The topological polar surface area (TPSA) is 56.8 Å². The Hall–Kier alpha value is -2.11. The van der Waals surface area contributed by atoms with Gasteiger partial charge in [-0.05, 0) is 18.2 Å². The Morgan fingerprint density at radius 2 is 1.48 bits per heavy atom. The highest BCUT2D eigenvalue weighted by molar-refractivity contribution is 6.34. The van der Waals surface area contributed by atoms with E-state index in [9.17, 15) is 4.79 Å². The predicted molar refractivity (Wildman–Crippen MR) is 90.1 cm³/mol. The summed E-state index contributed by atoms with van der Waals surface area (Å²) in [5.41, 5.74) is 0.541. The fraction of sp³-hybridized carbons (Fsp3) is 0.188. The molecule has 0 heterocycles. The lowest BCUT2D eigenvalue weighted by atomic mass is 10.2. The van der Waals surface area contributed by atoms with Gasteiger partial charge in [0.15, 0.2) is 6.61 Å². The largest absolute Gasteiger partial charge is 0.497 e. The summed E-state index contributed by atoms with van der Waals surface area (Å²) >= 11 is 11.7. The van der Waals surface area contributed by atoms with E-state index in [1.54, 1.807) is 36.4 Å². The SMILES string of the molecule is COc1cc(NC(=O)COc2cc(Cl)cc(Cl)c2)cc(OC)c1. The molecule has 0 fully saturated rings. The van der Waals surface area contributed by atoms with E-state index < -0.39 is 0 Å². The molecule has 1 amide bonds. The van der Waals surface area contributed by atoms with Gasteiger partial charge in [0.25, 0.3) is 5.91 Å². The maximum Gasteiger partial charge on any atom is 0.262 e. The van der Waals surface area contributed by atoms with Crippen molar-refractivity contribution in [2.24, 2.45) is 0 Å². The van der Waals surface area contributed by atoms with Crippen LogP contribution in [0.4, 0.5) is 5.69 Å². The summed E-state index contributed by atoms with van der Waals surface area (Å²) < 4.78 is 15.7. The van der Waals surface area contributed by atoms with Crippen LogP contribution in [0.15, 0.2) is 36.4 Å². The first kappa shape index (κ1) is 17.2. The number of nitrogens with one attached hydrogen (secondary N) is 1. The van der Waals surface area contributed by atoms with E-state index in [1.807, 2.05) is 0 Å². The quantitative estimate of drug-likeness (QED) is 0.849. The fourth-order valence-corrected chi connectivity index (χ4v) is 2.34.